The third-order valence-electron chi connectivity index (χ3n) is 3.91. The molecule has 0 radical (unpaired) electrons. The highest BCUT2D eigenvalue weighted by Gasteiger charge is 2.24. The van der Waals surface area contributed by atoms with Gasteiger partial charge in [0.2, 0.25) is 0 Å². The maximum Gasteiger partial charge on any atom is 0.156 e. The van der Waals surface area contributed by atoms with Gasteiger partial charge in [0, 0.05) is 26.2 Å². The lowest BCUT2D eigenvalue weighted by Gasteiger charge is -2.38. The van der Waals surface area contributed by atoms with Crippen LogP contribution in [0.2, 0.25) is 0 Å². The molecule has 0 amide bonds. The van der Waals surface area contributed by atoms with Crippen molar-refractivity contribution >= 4 is 11.7 Å². The summed E-state index contributed by atoms with van der Waals surface area (Å²) >= 11 is 0. The molecule has 0 spiro atoms. The predicted octanol–water partition coefficient (Wildman–Crippen LogP) is 0.350. The van der Waals surface area contributed by atoms with Crippen LogP contribution in [0.1, 0.15) is 18.3 Å². The first-order valence-electron chi connectivity index (χ1n) is 6.79. The number of hydrogen-bond donors (Lipinski definition) is 2. The summed E-state index contributed by atoms with van der Waals surface area (Å²) in [6.45, 7) is 9.31. The summed E-state index contributed by atoms with van der Waals surface area (Å²) in [5, 5.41) is 11.8. The van der Waals surface area contributed by atoms with Crippen LogP contribution in [0, 0.1) is 13.8 Å². The van der Waals surface area contributed by atoms with Crippen LogP contribution in [-0.2, 0) is 0 Å². The lowest BCUT2D eigenvalue weighted by Crippen LogP contribution is -2.53. The molecule has 1 atom stereocenters. The average molecular weight is 278 g/mol. The summed E-state index contributed by atoms with van der Waals surface area (Å²) in [7, 11) is 0. The Bertz CT molecular complexity index is 496. The fourth-order valence-electron chi connectivity index (χ4n) is 2.29. The van der Waals surface area contributed by atoms with Crippen molar-refractivity contribution in [3.8, 4) is 0 Å². The van der Waals surface area contributed by atoms with E-state index in [2.05, 4.69) is 24.9 Å². The van der Waals surface area contributed by atoms with E-state index in [4.69, 9.17) is 10.9 Å². The molecule has 110 valence electrons. The second-order valence-corrected chi connectivity index (χ2v) is 5.12. The predicted molar refractivity (Wildman–Crippen MR) is 78.2 cm³/mol. The zero-order chi connectivity index (χ0) is 14.7. The molecule has 3 N–H and O–H groups in total. The molecule has 0 aromatic carbocycles. The number of piperazine rings is 1. The van der Waals surface area contributed by atoms with Crippen LogP contribution < -0.4 is 10.6 Å². The van der Waals surface area contributed by atoms with Gasteiger partial charge in [-0.1, -0.05) is 5.16 Å². The lowest BCUT2D eigenvalue weighted by atomic mass is 10.2. The average Bonchev–Trinajstić information content (AvgIpc) is 2.48. The summed E-state index contributed by atoms with van der Waals surface area (Å²) in [6.07, 6.45) is 1.82. The molecule has 7 nitrogen and oxygen atoms in total. The van der Waals surface area contributed by atoms with Gasteiger partial charge in [-0.05, 0) is 20.8 Å². The van der Waals surface area contributed by atoms with Crippen molar-refractivity contribution in [2.75, 3.05) is 31.1 Å². The number of amidine groups is 1. The number of aryl methyl sites for hydroxylation is 2. The molecule has 0 aliphatic carbocycles. The third kappa shape index (κ3) is 2.98. The molecule has 1 unspecified atom stereocenters. The SMILES string of the molecule is Cc1ncc(N2CCN(C(C)C(N)=NO)CC2)nc1C. The highest BCUT2D eigenvalue weighted by atomic mass is 16.4. The van der Waals surface area contributed by atoms with Crippen molar-refractivity contribution in [2.24, 2.45) is 10.9 Å². The standard InChI is InChI=1S/C13H22N6O/c1-9-10(2)16-12(8-15-9)19-6-4-18(5-7-19)11(3)13(14)17-20/h8,11,20H,4-7H2,1-3H3,(H2,14,17). The molecule has 2 heterocycles. The van der Waals surface area contributed by atoms with Crippen molar-refractivity contribution in [1.29, 1.82) is 0 Å². The number of oxime groups is 1. The van der Waals surface area contributed by atoms with E-state index in [0.717, 1.165) is 43.4 Å². The Morgan fingerprint density at radius 3 is 2.50 bits per heavy atom. The molecule has 1 aromatic heterocycles. The van der Waals surface area contributed by atoms with Gasteiger partial charge in [0.05, 0.1) is 23.6 Å². The maximum atomic E-state index is 8.73. The van der Waals surface area contributed by atoms with Crippen LogP contribution in [0.15, 0.2) is 11.4 Å². The van der Waals surface area contributed by atoms with Gasteiger partial charge in [0.1, 0.15) is 5.82 Å². The van der Waals surface area contributed by atoms with E-state index in [0.29, 0.717) is 0 Å². The fourth-order valence-corrected chi connectivity index (χ4v) is 2.29. The highest BCUT2D eigenvalue weighted by Crippen LogP contribution is 2.15. The van der Waals surface area contributed by atoms with Crippen LogP contribution >= 0.6 is 0 Å². The van der Waals surface area contributed by atoms with Gasteiger partial charge in [-0.25, -0.2) is 4.98 Å². The number of aromatic nitrogens is 2. The smallest absolute Gasteiger partial charge is 0.156 e. The Balaban J connectivity index is 1.99. The maximum absolute atomic E-state index is 8.73. The largest absolute Gasteiger partial charge is 0.409 e. The Morgan fingerprint density at radius 2 is 1.95 bits per heavy atom. The van der Waals surface area contributed by atoms with Gasteiger partial charge in [-0.2, -0.15) is 0 Å². The van der Waals surface area contributed by atoms with Crippen LogP contribution in [0.5, 0.6) is 0 Å². The topological polar surface area (TPSA) is 90.9 Å². The first kappa shape index (κ1) is 14.5. The van der Waals surface area contributed by atoms with E-state index >= 15 is 0 Å². The molecule has 0 saturated carbocycles. The summed E-state index contributed by atoms with van der Waals surface area (Å²) < 4.78 is 0. The minimum Gasteiger partial charge on any atom is -0.409 e. The minimum absolute atomic E-state index is 0.0482. The molecule has 1 fully saturated rings. The lowest BCUT2D eigenvalue weighted by molar-refractivity contribution is 0.229. The van der Waals surface area contributed by atoms with Gasteiger partial charge in [-0.15, -0.1) is 0 Å². The quantitative estimate of drug-likeness (QED) is 0.359. The van der Waals surface area contributed by atoms with Gasteiger partial charge in [0.25, 0.3) is 0 Å². The molecule has 2 rings (SSSR count). The second kappa shape index (κ2) is 6.04. The molecule has 0 bridgehead atoms. The van der Waals surface area contributed by atoms with Crippen molar-refractivity contribution < 1.29 is 5.21 Å². The molecule has 1 aliphatic rings. The molecule has 20 heavy (non-hydrogen) atoms. The minimum atomic E-state index is -0.0482. The van der Waals surface area contributed by atoms with E-state index < -0.39 is 0 Å². The van der Waals surface area contributed by atoms with E-state index in [9.17, 15) is 0 Å². The highest BCUT2D eigenvalue weighted by molar-refractivity contribution is 5.84. The van der Waals surface area contributed by atoms with E-state index in [1.54, 1.807) is 0 Å². The zero-order valence-corrected chi connectivity index (χ0v) is 12.2. The van der Waals surface area contributed by atoms with Crippen molar-refractivity contribution in [3.63, 3.8) is 0 Å². The Hall–Kier alpha value is -1.89. The summed E-state index contributed by atoms with van der Waals surface area (Å²) in [5.74, 6) is 1.17. The van der Waals surface area contributed by atoms with Crippen molar-refractivity contribution in [1.82, 2.24) is 14.9 Å². The first-order chi connectivity index (χ1) is 9.52. The van der Waals surface area contributed by atoms with E-state index in [1.165, 1.54) is 0 Å². The summed E-state index contributed by atoms with van der Waals surface area (Å²) in [5.41, 5.74) is 7.59. The molecule has 7 heteroatoms. The first-order valence-corrected chi connectivity index (χ1v) is 6.79. The normalized spacial score (nSPS) is 19.1. The number of nitrogens with two attached hydrogens (primary N) is 1. The Labute approximate surface area is 119 Å². The van der Waals surface area contributed by atoms with Crippen molar-refractivity contribution in [2.45, 2.75) is 26.8 Å². The van der Waals surface area contributed by atoms with Gasteiger partial charge < -0.3 is 15.8 Å². The van der Waals surface area contributed by atoms with Gasteiger partial charge >= 0.3 is 0 Å². The number of nitrogens with zero attached hydrogens (tertiary/aromatic N) is 5. The van der Waals surface area contributed by atoms with Crippen molar-refractivity contribution in [3.05, 3.63) is 17.6 Å². The van der Waals surface area contributed by atoms with Crippen LogP contribution in [-0.4, -0.2) is 58.1 Å². The van der Waals surface area contributed by atoms with E-state index in [-0.39, 0.29) is 11.9 Å². The molecular weight excluding hydrogens is 256 g/mol. The molecule has 1 aliphatic heterocycles. The van der Waals surface area contributed by atoms with Gasteiger partial charge in [0.15, 0.2) is 5.84 Å². The second-order valence-electron chi connectivity index (χ2n) is 5.12. The number of hydrogen-bond acceptors (Lipinski definition) is 6. The number of anilines is 1. The number of rotatable bonds is 3. The zero-order valence-electron chi connectivity index (χ0n) is 12.2. The molecule has 1 aromatic rings. The molecule has 1 saturated heterocycles. The van der Waals surface area contributed by atoms with Gasteiger partial charge in [-0.3, -0.25) is 9.88 Å². The van der Waals surface area contributed by atoms with Crippen LogP contribution in [0.4, 0.5) is 5.82 Å². The summed E-state index contributed by atoms with van der Waals surface area (Å²) in [4.78, 5) is 13.3. The fraction of sp³-hybridized carbons (Fsp3) is 0.615. The Kier molecular flexibility index (Phi) is 4.39. The molecular formula is C13H22N6O. The van der Waals surface area contributed by atoms with Crippen LogP contribution in [0.25, 0.3) is 0 Å². The monoisotopic (exact) mass is 278 g/mol. The van der Waals surface area contributed by atoms with E-state index in [1.807, 2.05) is 27.0 Å². The van der Waals surface area contributed by atoms with Crippen LogP contribution in [0.3, 0.4) is 0 Å². The Morgan fingerprint density at radius 1 is 1.30 bits per heavy atom. The summed E-state index contributed by atoms with van der Waals surface area (Å²) in [6, 6.07) is -0.0482. The third-order valence-corrected chi connectivity index (χ3v) is 3.91.